The van der Waals surface area contributed by atoms with Crippen molar-refractivity contribution < 1.29 is 9.32 Å². The minimum atomic E-state index is 0.0442. The second-order valence-corrected chi connectivity index (χ2v) is 7.86. The van der Waals surface area contributed by atoms with Crippen LogP contribution in [0.3, 0.4) is 0 Å². The summed E-state index contributed by atoms with van der Waals surface area (Å²) in [5, 5.41) is 4.14. The number of benzene rings is 1. The number of hydrogen-bond donors (Lipinski definition) is 0. The average molecular weight is 354 g/mol. The van der Waals surface area contributed by atoms with E-state index >= 15 is 0 Å². The van der Waals surface area contributed by atoms with Crippen LogP contribution in [-0.2, 0) is 4.79 Å². The molecule has 3 rings (SSSR count). The zero-order chi connectivity index (χ0) is 18.4. The molecule has 2 aromatic rings. The van der Waals surface area contributed by atoms with Crippen molar-refractivity contribution in [2.45, 2.75) is 77.6 Å². The summed E-state index contributed by atoms with van der Waals surface area (Å²) in [6, 6.07) is 8.10. The van der Waals surface area contributed by atoms with E-state index in [0.717, 1.165) is 24.3 Å². The highest BCUT2D eigenvalue weighted by Gasteiger charge is 2.22. The summed E-state index contributed by atoms with van der Waals surface area (Å²) in [5.74, 6) is 2.32. The van der Waals surface area contributed by atoms with E-state index < -0.39 is 0 Å². The second kappa shape index (κ2) is 9.11. The van der Waals surface area contributed by atoms with Gasteiger partial charge in [-0.15, -0.1) is 0 Å². The standard InChI is InChI=1S/C22H30N2O2/c1-16-11-13-19(14-12-16)21-23-22(26-24-21)20(15-17(2)25)10-6-9-18-7-4-3-5-8-18/h11-14,18,20H,3-10,15H2,1-2H3/t20-/m1/s1. The van der Waals surface area contributed by atoms with Crippen LogP contribution in [0.1, 0.15) is 82.1 Å². The topological polar surface area (TPSA) is 56.0 Å². The third-order valence-electron chi connectivity index (χ3n) is 5.52. The molecule has 0 bridgehead atoms. The molecule has 4 heteroatoms. The number of aryl methyl sites for hydroxylation is 1. The highest BCUT2D eigenvalue weighted by molar-refractivity contribution is 5.76. The van der Waals surface area contributed by atoms with E-state index in [2.05, 4.69) is 17.1 Å². The fraction of sp³-hybridized carbons (Fsp3) is 0.591. The summed E-state index contributed by atoms with van der Waals surface area (Å²) in [6.45, 7) is 3.70. The Morgan fingerprint density at radius 3 is 2.62 bits per heavy atom. The first kappa shape index (κ1) is 18.8. The Hall–Kier alpha value is -1.97. The lowest BCUT2D eigenvalue weighted by Crippen LogP contribution is -2.09. The van der Waals surface area contributed by atoms with Gasteiger partial charge in [0, 0.05) is 17.9 Å². The predicted octanol–water partition coefficient (Wildman–Crippen LogP) is 5.86. The third kappa shape index (κ3) is 5.26. The van der Waals surface area contributed by atoms with Gasteiger partial charge in [-0.05, 0) is 26.2 Å². The minimum absolute atomic E-state index is 0.0442. The van der Waals surface area contributed by atoms with Crippen molar-refractivity contribution >= 4 is 5.78 Å². The molecule has 0 saturated heterocycles. The van der Waals surface area contributed by atoms with E-state index in [9.17, 15) is 4.79 Å². The average Bonchev–Trinajstić information content (AvgIpc) is 3.12. The van der Waals surface area contributed by atoms with Gasteiger partial charge in [0.05, 0.1) is 0 Å². The molecular weight excluding hydrogens is 324 g/mol. The number of rotatable bonds is 8. The Bertz CT molecular complexity index is 699. The quantitative estimate of drug-likeness (QED) is 0.596. The van der Waals surface area contributed by atoms with Crippen molar-refractivity contribution in [1.29, 1.82) is 0 Å². The summed E-state index contributed by atoms with van der Waals surface area (Å²) in [7, 11) is 0. The molecule has 1 aliphatic carbocycles. The normalized spacial score (nSPS) is 16.5. The van der Waals surface area contributed by atoms with Crippen molar-refractivity contribution in [3.8, 4) is 11.4 Å². The van der Waals surface area contributed by atoms with E-state index in [0.29, 0.717) is 18.1 Å². The summed E-state index contributed by atoms with van der Waals surface area (Å²) in [5.41, 5.74) is 2.16. The molecule has 0 radical (unpaired) electrons. The van der Waals surface area contributed by atoms with Crippen LogP contribution >= 0.6 is 0 Å². The van der Waals surface area contributed by atoms with Crippen LogP contribution in [-0.4, -0.2) is 15.9 Å². The number of carbonyl (C=O) groups excluding carboxylic acids is 1. The summed E-state index contributed by atoms with van der Waals surface area (Å²) in [6.07, 6.45) is 10.7. The largest absolute Gasteiger partial charge is 0.339 e. The van der Waals surface area contributed by atoms with Gasteiger partial charge in [-0.25, -0.2) is 0 Å². The van der Waals surface area contributed by atoms with Gasteiger partial charge in [-0.1, -0.05) is 79.9 Å². The van der Waals surface area contributed by atoms with Gasteiger partial charge in [0.1, 0.15) is 5.78 Å². The number of carbonyl (C=O) groups is 1. The highest BCUT2D eigenvalue weighted by atomic mass is 16.5. The number of nitrogens with zero attached hydrogens (tertiary/aromatic N) is 2. The maximum absolute atomic E-state index is 11.7. The first-order valence-electron chi connectivity index (χ1n) is 10.0. The third-order valence-corrected chi connectivity index (χ3v) is 5.52. The molecule has 1 saturated carbocycles. The monoisotopic (exact) mass is 354 g/mol. The van der Waals surface area contributed by atoms with Crippen LogP contribution in [0, 0.1) is 12.8 Å². The fourth-order valence-corrected chi connectivity index (χ4v) is 4.01. The van der Waals surface area contributed by atoms with Crippen LogP contribution in [0.5, 0.6) is 0 Å². The lowest BCUT2D eigenvalue weighted by molar-refractivity contribution is -0.117. The molecule has 26 heavy (non-hydrogen) atoms. The summed E-state index contributed by atoms with van der Waals surface area (Å²) in [4.78, 5) is 16.3. The van der Waals surface area contributed by atoms with E-state index in [1.807, 2.05) is 24.3 Å². The SMILES string of the molecule is CC(=O)C[C@@H](CCCC1CCCCC1)c1nc(-c2ccc(C)cc2)no1. The Labute approximate surface area is 156 Å². The number of Topliss-reactive ketones (excluding diaryl/α,β-unsaturated/α-hetero) is 1. The van der Waals surface area contributed by atoms with Gasteiger partial charge in [0.2, 0.25) is 11.7 Å². The van der Waals surface area contributed by atoms with E-state index in [1.165, 1.54) is 44.1 Å². The van der Waals surface area contributed by atoms with Crippen LogP contribution in [0.25, 0.3) is 11.4 Å². The van der Waals surface area contributed by atoms with Gasteiger partial charge in [-0.3, -0.25) is 0 Å². The van der Waals surface area contributed by atoms with Gasteiger partial charge in [0.25, 0.3) is 0 Å². The van der Waals surface area contributed by atoms with Gasteiger partial charge in [-0.2, -0.15) is 4.98 Å². The van der Waals surface area contributed by atoms with Crippen molar-refractivity contribution in [1.82, 2.24) is 10.1 Å². The van der Waals surface area contributed by atoms with Crippen LogP contribution < -0.4 is 0 Å². The van der Waals surface area contributed by atoms with E-state index in [-0.39, 0.29) is 11.7 Å². The van der Waals surface area contributed by atoms with Gasteiger partial charge in [0.15, 0.2) is 0 Å². The van der Waals surface area contributed by atoms with Crippen LogP contribution in [0.2, 0.25) is 0 Å². The van der Waals surface area contributed by atoms with Crippen molar-refractivity contribution in [2.24, 2.45) is 5.92 Å². The van der Waals surface area contributed by atoms with Crippen molar-refractivity contribution in [3.63, 3.8) is 0 Å². The molecule has 0 spiro atoms. The molecule has 1 fully saturated rings. The molecular formula is C22H30N2O2. The first-order valence-corrected chi connectivity index (χ1v) is 10.0. The molecule has 1 aliphatic rings. The molecule has 1 aromatic carbocycles. The van der Waals surface area contributed by atoms with E-state index in [1.54, 1.807) is 6.92 Å². The Kier molecular flexibility index (Phi) is 6.59. The van der Waals surface area contributed by atoms with Crippen molar-refractivity contribution in [3.05, 3.63) is 35.7 Å². The number of ketones is 1. The zero-order valence-electron chi connectivity index (χ0n) is 16.0. The van der Waals surface area contributed by atoms with Crippen molar-refractivity contribution in [2.75, 3.05) is 0 Å². The smallest absolute Gasteiger partial charge is 0.230 e. The summed E-state index contributed by atoms with van der Waals surface area (Å²) >= 11 is 0. The molecule has 0 unspecified atom stereocenters. The van der Waals surface area contributed by atoms with Gasteiger partial charge >= 0.3 is 0 Å². The maximum Gasteiger partial charge on any atom is 0.230 e. The second-order valence-electron chi connectivity index (χ2n) is 7.86. The Balaban J connectivity index is 1.63. The fourth-order valence-electron chi connectivity index (χ4n) is 4.01. The lowest BCUT2D eigenvalue weighted by Gasteiger charge is -2.22. The maximum atomic E-state index is 11.7. The Morgan fingerprint density at radius 2 is 1.92 bits per heavy atom. The number of hydrogen-bond acceptors (Lipinski definition) is 4. The zero-order valence-corrected chi connectivity index (χ0v) is 16.0. The Morgan fingerprint density at radius 1 is 1.19 bits per heavy atom. The molecule has 0 N–H and O–H groups in total. The molecule has 140 valence electrons. The number of aromatic nitrogens is 2. The molecule has 1 atom stereocenters. The predicted molar refractivity (Wildman–Crippen MR) is 103 cm³/mol. The highest BCUT2D eigenvalue weighted by Crippen LogP contribution is 2.31. The molecule has 0 amide bonds. The minimum Gasteiger partial charge on any atom is -0.339 e. The molecule has 1 heterocycles. The molecule has 0 aliphatic heterocycles. The van der Waals surface area contributed by atoms with Crippen LogP contribution in [0.15, 0.2) is 28.8 Å². The molecule has 4 nitrogen and oxygen atoms in total. The molecule has 1 aromatic heterocycles. The summed E-state index contributed by atoms with van der Waals surface area (Å²) < 4.78 is 5.54. The lowest BCUT2D eigenvalue weighted by atomic mass is 9.84. The van der Waals surface area contributed by atoms with E-state index in [4.69, 9.17) is 4.52 Å². The van der Waals surface area contributed by atoms with Gasteiger partial charge < -0.3 is 9.32 Å². The van der Waals surface area contributed by atoms with Crippen LogP contribution in [0.4, 0.5) is 0 Å². The first-order chi connectivity index (χ1) is 12.6.